The van der Waals surface area contributed by atoms with Crippen molar-refractivity contribution in [2.45, 2.75) is 38.3 Å². The van der Waals surface area contributed by atoms with Gasteiger partial charge < -0.3 is 14.8 Å². The molecule has 2 fully saturated rings. The molecule has 0 radical (unpaired) electrons. The van der Waals surface area contributed by atoms with Crippen LogP contribution in [0.1, 0.15) is 52.0 Å². The van der Waals surface area contributed by atoms with E-state index in [1.54, 1.807) is 0 Å². The summed E-state index contributed by atoms with van der Waals surface area (Å²) in [5.41, 5.74) is 3.98. The monoisotopic (exact) mass is 399 g/mol. The molecule has 1 N–H and O–H groups in total. The number of anilines is 1. The van der Waals surface area contributed by atoms with Gasteiger partial charge in [-0.3, -0.25) is 9.59 Å². The van der Waals surface area contributed by atoms with Gasteiger partial charge in [0.05, 0.1) is 11.3 Å². The summed E-state index contributed by atoms with van der Waals surface area (Å²) >= 11 is 0. The highest BCUT2D eigenvalue weighted by Gasteiger charge is 2.48. The molecule has 0 saturated heterocycles. The Bertz CT molecular complexity index is 1170. The molecule has 5 heteroatoms. The van der Waals surface area contributed by atoms with Crippen LogP contribution in [0.3, 0.4) is 0 Å². The average molecular weight is 399 g/mol. The second-order valence-electron chi connectivity index (χ2n) is 9.06. The Labute approximate surface area is 175 Å². The molecule has 2 aliphatic carbocycles. The molecule has 6 rings (SSSR count). The molecule has 0 bridgehead atoms. The fraction of sp³-hybridized carbons (Fsp3) is 0.360. The third-order valence-corrected chi connectivity index (χ3v) is 6.96. The van der Waals surface area contributed by atoms with E-state index < -0.39 is 0 Å². The topological polar surface area (TPSA) is 54.3 Å². The Morgan fingerprint density at radius 1 is 1.03 bits per heavy atom. The molecule has 2 amide bonds. The minimum absolute atomic E-state index is 0.0858. The van der Waals surface area contributed by atoms with Crippen LogP contribution in [0.4, 0.5) is 5.69 Å². The minimum Gasteiger partial charge on any atom is -0.351 e. The molecule has 2 heterocycles. The molecular weight excluding hydrogens is 374 g/mol. The van der Waals surface area contributed by atoms with Gasteiger partial charge in [-0.15, -0.1) is 0 Å². The minimum atomic E-state index is -0.174. The van der Waals surface area contributed by atoms with Crippen molar-refractivity contribution in [3.63, 3.8) is 0 Å². The van der Waals surface area contributed by atoms with Crippen molar-refractivity contribution >= 4 is 28.4 Å². The summed E-state index contributed by atoms with van der Waals surface area (Å²) < 4.78 is 2.00. The summed E-state index contributed by atoms with van der Waals surface area (Å²) in [5, 5.41) is 3.96. The van der Waals surface area contributed by atoms with Crippen LogP contribution in [0, 0.1) is 11.8 Å². The normalized spacial score (nSPS) is 18.3. The van der Waals surface area contributed by atoms with Crippen molar-refractivity contribution in [1.29, 1.82) is 0 Å². The Kier molecular flexibility index (Phi) is 3.82. The number of aryl methyl sites for hydroxylation is 1. The summed E-state index contributed by atoms with van der Waals surface area (Å²) in [6.45, 7) is 0.670. The van der Waals surface area contributed by atoms with Gasteiger partial charge in [0.1, 0.15) is 0 Å². The Morgan fingerprint density at radius 3 is 2.50 bits per heavy atom. The molecule has 0 unspecified atom stereocenters. The average Bonchev–Trinajstić information content (AvgIpc) is 3.67. The van der Waals surface area contributed by atoms with Gasteiger partial charge in [-0.25, -0.2) is 0 Å². The van der Waals surface area contributed by atoms with E-state index in [1.807, 2.05) is 60.3 Å². The summed E-state index contributed by atoms with van der Waals surface area (Å²) in [6.07, 6.45) is 6.93. The summed E-state index contributed by atoms with van der Waals surface area (Å²) in [5.74, 6) is 1.25. The first kappa shape index (κ1) is 17.8. The van der Waals surface area contributed by atoms with Crippen LogP contribution in [0.2, 0.25) is 0 Å². The van der Waals surface area contributed by atoms with Crippen LogP contribution in [0.5, 0.6) is 0 Å². The number of hydrogen-bond acceptors (Lipinski definition) is 2. The highest BCUT2D eigenvalue weighted by molar-refractivity contribution is 6.15. The van der Waals surface area contributed by atoms with E-state index in [0.29, 0.717) is 41.2 Å². The maximum Gasteiger partial charge on any atom is 0.256 e. The fourth-order valence-electron chi connectivity index (χ4n) is 5.19. The number of nitrogens with zero attached hydrogens (tertiary/aromatic N) is 2. The van der Waals surface area contributed by atoms with E-state index in [0.717, 1.165) is 16.5 Å². The number of rotatable bonds is 5. The second-order valence-corrected chi connectivity index (χ2v) is 9.06. The third kappa shape index (κ3) is 2.76. The van der Waals surface area contributed by atoms with Gasteiger partial charge in [0.25, 0.3) is 11.8 Å². The van der Waals surface area contributed by atoms with Crippen molar-refractivity contribution in [1.82, 2.24) is 9.47 Å². The molecular formula is C25H25N3O2. The smallest absolute Gasteiger partial charge is 0.256 e. The van der Waals surface area contributed by atoms with Gasteiger partial charge in [0.15, 0.2) is 0 Å². The van der Waals surface area contributed by atoms with E-state index in [9.17, 15) is 9.59 Å². The van der Waals surface area contributed by atoms with Crippen LogP contribution < -0.4 is 5.32 Å². The standard InChI is InChI=1S/C25H25N3O2/c1-27-13-12-18-19(5-3-7-21(18)27)24(29)26-20-6-2-4-17-14-28(25(30)22(17)20)23(15-8-9-15)16-10-11-16/h2-7,12-13,15-16,23H,8-11,14H2,1H3,(H,26,29). The molecule has 1 aromatic heterocycles. The van der Waals surface area contributed by atoms with E-state index in [-0.39, 0.29) is 11.8 Å². The van der Waals surface area contributed by atoms with Crippen molar-refractivity contribution in [2.75, 3.05) is 5.32 Å². The number of hydrogen-bond donors (Lipinski definition) is 1. The lowest BCUT2D eigenvalue weighted by Crippen LogP contribution is -2.38. The largest absolute Gasteiger partial charge is 0.351 e. The first-order valence-electron chi connectivity index (χ1n) is 10.9. The van der Waals surface area contributed by atoms with Gasteiger partial charge in [-0.05, 0) is 67.3 Å². The van der Waals surface area contributed by atoms with Crippen LogP contribution in [-0.2, 0) is 13.6 Å². The van der Waals surface area contributed by atoms with Crippen LogP contribution in [0.15, 0.2) is 48.7 Å². The van der Waals surface area contributed by atoms with Crippen LogP contribution in [-0.4, -0.2) is 27.3 Å². The highest BCUT2D eigenvalue weighted by Crippen LogP contribution is 2.49. The number of nitrogens with one attached hydrogen (secondary N) is 1. The lowest BCUT2D eigenvalue weighted by atomic mass is 10.1. The van der Waals surface area contributed by atoms with Gasteiger partial charge in [0, 0.05) is 42.3 Å². The summed E-state index contributed by atoms with van der Waals surface area (Å²) in [4.78, 5) is 28.7. The van der Waals surface area contributed by atoms with Crippen molar-refractivity contribution in [3.05, 3.63) is 65.4 Å². The highest BCUT2D eigenvalue weighted by atomic mass is 16.2. The summed E-state index contributed by atoms with van der Waals surface area (Å²) in [7, 11) is 1.97. The first-order chi connectivity index (χ1) is 14.6. The number of fused-ring (bicyclic) bond motifs is 2. The SMILES string of the molecule is Cn1ccc2c(C(=O)Nc3cccc4c3C(=O)N(C(C3CC3)C3CC3)C4)cccc21. The maximum atomic E-state index is 13.4. The molecule has 0 spiro atoms. The number of aromatic nitrogens is 1. The molecule has 3 aromatic rings. The van der Waals surface area contributed by atoms with Gasteiger partial charge in [-0.1, -0.05) is 18.2 Å². The fourth-order valence-corrected chi connectivity index (χ4v) is 5.19. The zero-order valence-electron chi connectivity index (χ0n) is 17.1. The van der Waals surface area contributed by atoms with Crippen molar-refractivity contribution in [3.8, 4) is 0 Å². The molecule has 5 nitrogen and oxygen atoms in total. The first-order valence-corrected chi connectivity index (χ1v) is 10.9. The van der Waals surface area contributed by atoms with Crippen LogP contribution >= 0.6 is 0 Å². The zero-order valence-corrected chi connectivity index (χ0v) is 17.1. The van der Waals surface area contributed by atoms with Crippen LogP contribution in [0.25, 0.3) is 10.9 Å². The van der Waals surface area contributed by atoms with Crippen molar-refractivity contribution < 1.29 is 9.59 Å². The predicted molar refractivity (Wildman–Crippen MR) is 116 cm³/mol. The molecule has 2 aromatic carbocycles. The molecule has 3 aliphatic rings. The van der Waals surface area contributed by atoms with E-state index in [1.165, 1.54) is 25.7 Å². The van der Waals surface area contributed by atoms with Crippen molar-refractivity contribution in [2.24, 2.45) is 18.9 Å². The third-order valence-electron chi connectivity index (χ3n) is 6.96. The predicted octanol–water partition coefficient (Wildman–Crippen LogP) is 4.58. The Balaban J connectivity index is 1.32. The second kappa shape index (κ2) is 6.46. The lowest BCUT2D eigenvalue weighted by Gasteiger charge is -2.28. The van der Waals surface area contributed by atoms with Gasteiger partial charge in [0.2, 0.25) is 0 Å². The number of amides is 2. The van der Waals surface area contributed by atoms with Gasteiger partial charge >= 0.3 is 0 Å². The number of benzene rings is 2. The van der Waals surface area contributed by atoms with E-state index in [2.05, 4.69) is 10.2 Å². The zero-order chi connectivity index (χ0) is 20.4. The van der Waals surface area contributed by atoms with E-state index >= 15 is 0 Å². The maximum absolute atomic E-state index is 13.4. The Morgan fingerprint density at radius 2 is 1.77 bits per heavy atom. The number of carbonyl (C=O) groups is 2. The molecule has 30 heavy (non-hydrogen) atoms. The quantitative estimate of drug-likeness (QED) is 0.683. The summed E-state index contributed by atoms with van der Waals surface area (Å²) in [6, 6.07) is 13.9. The molecule has 0 atom stereocenters. The Hall–Kier alpha value is -3.08. The molecule has 2 saturated carbocycles. The molecule has 1 aliphatic heterocycles. The number of carbonyl (C=O) groups excluding carboxylic acids is 2. The molecule has 152 valence electrons. The van der Waals surface area contributed by atoms with Gasteiger partial charge in [-0.2, -0.15) is 0 Å². The van der Waals surface area contributed by atoms with E-state index in [4.69, 9.17) is 0 Å². The lowest BCUT2D eigenvalue weighted by molar-refractivity contribution is 0.0653.